The fourth-order valence-electron chi connectivity index (χ4n) is 4.06. The topological polar surface area (TPSA) is 84.0 Å². The summed E-state index contributed by atoms with van der Waals surface area (Å²) >= 11 is 0. The number of hydrogen-bond donors (Lipinski definition) is 2. The smallest absolute Gasteiger partial charge is 0.349 e. The summed E-state index contributed by atoms with van der Waals surface area (Å²) in [6.45, 7) is 0. The summed E-state index contributed by atoms with van der Waals surface area (Å²) < 4.78 is 40.0. The van der Waals surface area contributed by atoms with Gasteiger partial charge in [0.25, 0.3) is 11.5 Å². The molecule has 1 aliphatic carbocycles. The van der Waals surface area contributed by atoms with E-state index < -0.39 is 35.3 Å². The highest BCUT2D eigenvalue weighted by Gasteiger charge is 2.42. The number of carbonyl (C=O) groups is 1. The first-order valence-corrected chi connectivity index (χ1v) is 9.96. The van der Waals surface area contributed by atoms with Gasteiger partial charge in [0.2, 0.25) is 0 Å². The molecule has 162 valence electrons. The predicted molar refractivity (Wildman–Crippen MR) is 109 cm³/mol. The molecule has 6 nitrogen and oxygen atoms in total. The average Bonchev–Trinajstić information content (AvgIpc) is 2.73. The zero-order valence-electron chi connectivity index (χ0n) is 16.4. The molecular formula is C22H20F3N3O3. The molecule has 1 aromatic heterocycles. The van der Waals surface area contributed by atoms with Crippen molar-refractivity contribution in [3.63, 3.8) is 0 Å². The van der Waals surface area contributed by atoms with Gasteiger partial charge in [0.1, 0.15) is 0 Å². The molecule has 3 aromatic rings. The van der Waals surface area contributed by atoms with Crippen LogP contribution in [0.5, 0.6) is 0 Å². The van der Waals surface area contributed by atoms with E-state index in [9.17, 15) is 27.6 Å². The first-order chi connectivity index (χ1) is 14.7. The van der Waals surface area contributed by atoms with E-state index >= 15 is 0 Å². The molecule has 2 N–H and O–H groups in total. The molecule has 1 saturated carbocycles. The van der Waals surface area contributed by atoms with Crippen molar-refractivity contribution in [3.8, 4) is 5.69 Å². The third-order valence-electron chi connectivity index (χ3n) is 5.65. The monoisotopic (exact) mass is 431 g/mol. The third-order valence-corrected chi connectivity index (χ3v) is 5.65. The van der Waals surface area contributed by atoms with Crippen molar-refractivity contribution < 1.29 is 18.0 Å². The van der Waals surface area contributed by atoms with E-state index in [1.807, 2.05) is 0 Å². The minimum Gasteiger partial charge on any atom is -0.349 e. The van der Waals surface area contributed by atoms with Crippen LogP contribution in [-0.4, -0.2) is 27.7 Å². The van der Waals surface area contributed by atoms with Crippen molar-refractivity contribution in [3.05, 3.63) is 74.9 Å². The van der Waals surface area contributed by atoms with Gasteiger partial charge >= 0.3 is 11.9 Å². The molecular weight excluding hydrogens is 411 g/mol. The number of fused-ring (bicyclic) bond motifs is 1. The Morgan fingerprint density at radius 2 is 1.81 bits per heavy atom. The van der Waals surface area contributed by atoms with Gasteiger partial charge in [0.05, 0.1) is 22.5 Å². The lowest BCUT2D eigenvalue weighted by Gasteiger charge is -2.31. The molecule has 2 aromatic carbocycles. The second kappa shape index (κ2) is 8.05. The number of hydrogen-bond acceptors (Lipinski definition) is 3. The van der Waals surface area contributed by atoms with Gasteiger partial charge in [-0.1, -0.05) is 24.6 Å². The van der Waals surface area contributed by atoms with Gasteiger partial charge in [0.15, 0.2) is 0 Å². The zero-order chi connectivity index (χ0) is 22.2. The number of para-hydroxylation sites is 1. The minimum atomic E-state index is -4.27. The van der Waals surface area contributed by atoms with Gasteiger partial charge < -0.3 is 10.3 Å². The number of aromatic amines is 1. The number of benzene rings is 2. The third kappa shape index (κ3) is 4.26. The molecule has 31 heavy (non-hydrogen) atoms. The van der Waals surface area contributed by atoms with Gasteiger partial charge in [-0.2, -0.15) is 13.2 Å². The number of halogens is 3. The number of aromatic nitrogens is 2. The summed E-state index contributed by atoms with van der Waals surface area (Å²) in [4.78, 5) is 40.5. The van der Waals surface area contributed by atoms with Crippen molar-refractivity contribution in [2.75, 3.05) is 0 Å². The van der Waals surface area contributed by atoms with Gasteiger partial charge in [0, 0.05) is 11.6 Å². The largest absolute Gasteiger partial charge is 0.391 e. The number of nitrogens with zero attached hydrogens (tertiary/aromatic N) is 1. The van der Waals surface area contributed by atoms with E-state index in [-0.39, 0.29) is 29.3 Å². The average molecular weight is 431 g/mol. The highest BCUT2D eigenvalue weighted by molar-refractivity contribution is 5.97. The van der Waals surface area contributed by atoms with E-state index in [4.69, 9.17) is 0 Å². The lowest BCUT2D eigenvalue weighted by molar-refractivity contribution is -0.183. The summed E-state index contributed by atoms with van der Waals surface area (Å²) in [5.74, 6) is -1.96. The zero-order valence-corrected chi connectivity index (χ0v) is 16.4. The predicted octanol–water partition coefficient (Wildman–Crippen LogP) is 3.53. The molecule has 1 heterocycles. The van der Waals surface area contributed by atoms with Crippen LogP contribution in [0, 0.1) is 5.92 Å². The molecule has 1 aliphatic rings. The van der Waals surface area contributed by atoms with Crippen LogP contribution < -0.4 is 16.6 Å². The Kier molecular flexibility index (Phi) is 5.43. The number of rotatable bonds is 3. The van der Waals surface area contributed by atoms with Crippen LogP contribution in [0.15, 0.2) is 58.1 Å². The molecule has 0 saturated heterocycles. The SMILES string of the molecule is O=C(NC1CCCC(C(F)(F)F)C1)c1ccc2c(=O)n(-c3ccccc3)c(=O)[nH]c2c1. The summed E-state index contributed by atoms with van der Waals surface area (Å²) in [5.41, 5.74) is -0.423. The van der Waals surface area contributed by atoms with Crippen LogP contribution in [0.3, 0.4) is 0 Å². The van der Waals surface area contributed by atoms with Crippen molar-refractivity contribution in [2.24, 2.45) is 5.92 Å². The van der Waals surface area contributed by atoms with E-state index in [1.165, 1.54) is 18.2 Å². The van der Waals surface area contributed by atoms with Crippen LogP contribution in [0.2, 0.25) is 0 Å². The molecule has 0 bridgehead atoms. The number of nitrogens with one attached hydrogen (secondary N) is 2. The molecule has 1 amide bonds. The Labute approximate surface area is 174 Å². The Morgan fingerprint density at radius 3 is 2.52 bits per heavy atom. The summed E-state index contributed by atoms with van der Waals surface area (Å²) in [5, 5.41) is 2.87. The van der Waals surface area contributed by atoms with Gasteiger partial charge in [-0.15, -0.1) is 0 Å². The number of H-pyrrole nitrogens is 1. The van der Waals surface area contributed by atoms with E-state index in [0.717, 1.165) is 4.57 Å². The Balaban J connectivity index is 1.60. The normalized spacial score (nSPS) is 19.3. The highest BCUT2D eigenvalue weighted by atomic mass is 19.4. The fraction of sp³-hybridized carbons (Fsp3) is 0.318. The first kappa shape index (κ1) is 20.9. The van der Waals surface area contributed by atoms with E-state index in [0.29, 0.717) is 18.5 Å². The molecule has 0 aliphatic heterocycles. The van der Waals surface area contributed by atoms with Crippen LogP contribution in [-0.2, 0) is 0 Å². The number of carbonyl (C=O) groups excluding carboxylic acids is 1. The molecule has 0 spiro atoms. The van der Waals surface area contributed by atoms with E-state index in [1.54, 1.807) is 30.3 Å². The first-order valence-electron chi connectivity index (χ1n) is 9.96. The van der Waals surface area contributed by atoms with Crippen LogP contribution in [0.4, 0.5) is 13.2 Å². The Morgan fingerprint density at radius 1 is 1.06 bits per heavy atom. The number of amides is 1. The minimum absolute atomic E-state index is 0.0702. The van der Waals surface area contributed by atoms with Gasteiger partial charge in [-0.25, -0.2) is 9.36 Å². The highest BCUT2D eigenvalue weighted by Crippen LogP contribution is 2.37. The number of alkyl halides is 3. The quantitative estimate of drug-likeness (QED) is 0.666. The molecule has 2 unspecified atom stereocenters. The Hall–Kier alpha value is -3.36. The Bertz CT molecular complexity index is 1230. The van der Waals surface area contributed by atoms with Crippen molar-refractivity contribution >= 4 is 16.8 Å². The maximum absolute atomic E-state index is 13.0. The van der Waals surface area contributed by atoms with Crippen LogP contribution in [0.1, 0.15) is 36.0 Å². The second-order valence-electron chi connectivity index (χ2n) is 7.74. The maximum Gasteiger partial charge on any atom is 0.391 e. The molecule has 9 heteroatoms. The van der Waals surface area contributed by atoms with Crippen LogP contribution in [0.25, 0.3) is 16.6 Å². The fourth-order valence-corrected chi connectivity index (χ4v) is 4.06. The van der Waals surface area contributed by atoms with Crippen molar-refractivity contribution in [1.29, 1.82) is 0 Å². The van der Waals surface area contributed by atoms with Crippen LogP contribution >= 0.6 is 0 Å². The van der Waals surface area contributed by atoms with Crippen molar-refractivity contribution in [2.45, 2.75) is 37.9 Å². The lowest BCUT2D eigenvalue weighted by atomic mass is 9.85. The standard InChI is InChI=1S/C22H20F3N3O3/c23-22(24,25)14-5-4-6-15(12-14)26-19(29)13-9-10-17-18(11-13)27-21(31)28(20(17)30)16-7-2-1-3-8-16/h1-3,7-11,14-15H,4-6,12H2,(H,26,29)(H,27,31). The molecule has 0 radical (unpaired) electrons. The van der Waals surface area contributed by atoms with E-state index in [2.05, 4.69) is 10.3 Å². The summed E-state index contributed by atoms with van der Waals surface area (Å²) in [7, 11) is 0. The van der Waals surface area contributed by atoms with Gasteiger partial charge in [-0.05, 0) is 49.6 Å². The summed E-state index contributed by atoms with van der Waals surface area (Å²) in [6.07, 6.45) is -3.49. The molecule has 2 atom stereocenters. The molecule has 1 fully saturated rings. The maximum atomic E-state index is 13.0. The summed E-state index contributed by atoms with van der Waals surface area (Å²) in [6, 6.07) is 12.1. The second-order valence-corrected chi connectivity index (χ2v) is 7.74. The van der Waals surface area contributed by atoms with Crippen molar-refractivity contribution in [1.82, 2.24) is 14.9 Å². The lowest BCUT2D eigenvalue weighted by Crippen LogP contribution is -2.41. The molecule has 4 rings (SSSR count). The van der Waals surface area contributed by atoms with Gasteiger partial charge in [-0.3, -0.25) is 9.59 Å².